The van der Waals surface area contributed by atoms with Crippen LogP contribution < -0.4 is 10.4 Å². The number of likely N-dealkylation sites (tertiary alicyclic amines) is 1. The summed E-state index contributed by atoms with van der Waals surface area (Å²) in [5.74, 6) is 0. The van der Waals surface area contributed by atoms with Crippen LogP contribution >= 0.6 is 27.5 Å². The van der Waals surface area contributed by atoms with Crippen molar-refractivity contribution in [2.75, 3.05) is 6.61 Å². The molecule has 1 amide bonds. The fourth-order valence-electron chi connectivity index (χ4n) is 6.04. The summed E-state index contributed by atoms with van der Waals surface area (Å²) in [5, 5.41) is 14.1. The molecule has 1 aliphatic rings. The van der Waals surface area contributed by atoms with Crippen LogP contribution in [0.15, 0.2) is 77.4 Å². The van der Waals surface area contributed by atoms with Crippen molar-refractivity contribution >= 4 is 52.3 Å². The number of ether oxygens (including phenoxy) is 1. The predicted octanol–water partition coefficient (Wildman–Crippen LogP) is 7.27. The second-order valence-corrected chi connectivity index (χ2v) is 18.5. The summed E-state index contributed by atoms with van der Waals surface area (Å²) < 4.78 is 13.7. The highest BCUT2D eigenvalue weighted by Crippen LogP contribution is 2.39. The molecule has 2 heterocycles. The molecule has 3 atom stereocenters. The smallest absolute Gasteiger partial charge is 0.410 e. The lowest BCUT2D eigenvalue weighted by Crippen LogP contribution is -2.68. The maximum atomic E-state index is 13.9. The number of piperidine rings is 1. The van der Waals surface area contributed by atoms with Gasteiger partial charge in [0.2, 0.25) is 0 Å². The van der Waals surface area contributed by atoms with Gasteiger partial charge in [0, 0.05) is 0 Å². The van der Waals surface area contributed by atoms with Crippen LogP contribution in [0.3, 0.4) is 0 Å². The fourth-order valence-corrected chi connectivity index (χ4v) is 11.4. The highest BCUT2D eigenvalue weighted by atomic mass is 79.9. The summed E-state index contributed by atoms with van der Waals surface area (Å²) in [6, 6.07) is 23.5. The first-order chi connectivity index (χ1) is 19.7. The zero-order valence-electron chi connectivity index (χ0n) is 25.3. The minimum Gasteiger partial charge on any atom is -0.444 e. The lowest BCUT2D eigenvalue weighted by molar-refractivity contribution is -0.0432. The first-order valence-electron chi connectivity index (χ1n) is 14.5. The molecule has 0 saturated carbocycles. The Kier molecular flexibility index (Phi) is 10.3. The average molecular weight is 674 g/mol. The normalized spacial score (nSPS) is 18.9. The first kappa shape index (κ1) is 32.7. The largest absolute Gasteiger partial charge is 0.444 e. The Bertz CT molecular complexity index is 1290. The van der Waals surface area contributed by atoms with Gasteiger partial charge in [-0.25, -0.2) is 9.78 Å². The number of hydrogen-bond donors (Lipinski definition) is 1. The molecule has 42 heavy (non-hydrogen) atoms. The van der Waals surface area contributed by atoms with Gasteiger partial charge < -0.3 is 14.3 Å². The number of carbonyl (C=O) groups is 1. The Morgan fingerprint density at radius 1 is 1.02 bits per heavy atom. The van der Waals surface area contributed by atoms with E-state index in [1.54, 1.807) is 17.0 Å². The number of aromatic nitrogens is 1. The van der Waals surface area contributed by atoms with E-state index < -0.39 is 32.2 Å². The Morgan fingerprint density at radius 2 is 1.60 bits per heavy atom. The number of pyridine rings is 1. The number of halogens is 2. The molecule has 1 N–H and O–H groups in total. The van der Waals surface area contributed by atoms with E-state index in [2.05, 4.69) is 90.2 Å². The van der Waals surface area contributed by atoms with E-state index in [1.165, 1.54) is 10.4 Å². The van der Waals surface area contributed by atoms with Crippen molar-refractivity contribution < 1.29 is 19.1 Å². The molecule has 1 aliphatic heterocycles. The van der Waals surface area contributed by atoms with Gasteiger partial charge in [-0.05, 0) is 89.1 Å². The number of amides is 1. The van der Waals surface area contributed by atoms with Crippen molar-refractivity contribution in [3.05, 3.63) is 88.1 Å². The maximum absolute atomic E-state index is 13.9. The van der Waals surface area contributed by atoms with Crippen LogP contribution in [-0.2, 0) is 9.16 Å². The van der Waals surface area contributed by atoms with Gasteiger partial charge in [0.25, 0.3) is 8.32 Å². The number of benzene rings is 2. The molecule has 4 rings (SSSR count). The third-order valence-electron chi connectivity index (χ3n) is 7.79. The van der Waals surface area contributed by atoms with E-state index in [-0.39, 0.29) is 16.2 Å². The molecule has 0 aliphatic carbocycles. The molecule has 6 nitrogen and oxygen atoms in total. The van der Waals surface area contributed by atoms with Crippen LogP contribution in [0.5, 0.6) is 0 Å². The van der Waals surface area contributed by atoms with Gasteiger partial charge in [-0.1, -0.05) is 93.0 Å². The second kappa shape index (κ2) is 13.2. The minimum atomic E-state index is -2.85. The number of rotatable bonds is 7. The number of nitrogens with zero attached hydrogens (tertiary/aromatic N) is 2. The van der Waals surface area contributed by atoms with Gasteiger partial charge in [0.1, 0.15) is 15.4 Å². The van der Waals surface area contributed by atoms with Crippen molar-refractivity contribution in [1.82, 2.24) is 9.88 Å². The topological polar surface area (TPSA) is 71.9 Å². The minimum absolute atomic E-state index is 0.208. The number of aliphatic hydroxyl groups excluding tert-OH is 1. The Labute approximate surface area is 264 Å². The first-order valence-corrected chi connectivity index (χ1v) is 17.6. The quantitative estimate of drug-likeness (QED) is 0.211. The molecule has 0 bridgehead atoms. The van der Waals surface area contributed by atoms with Crippen molar-refractivity contribution in [3.63, 3.8) is 0 Å². The van der Waals surface area contributed by atoms with Crippen molar-refractivity contribution in [2.24, 2.45) is 0 Å². The Morgan fingerprint density at radius 3 is 2.10 bits per heavy atom. The molecule has 0 radical (unpaired) electrons. The van der Waals surface area contributed by atoms with E-state index in [9.17, 15) is 9.90 Å². The molecule has 9 heteroatoms. The molecule has 2 aromatic carbocycles. The van der Waals surface area contributed by atoms with Crippen molar-refractivity contribution in [3.8, 4) is 0 Å². The number of carbonyl (C=O) groups excluding carboxylic acids is 1. The molecule has 1 saturated heterocycles. The summed E-state index contributed by atoms with van der Waals surface area (Å²) in [4.78, 5) is 19.8. The van der Waals surface area contributed by atoms with E-state index in [4.69, 9.17) is 20.8 Å². The standard InChI is InChI=1S/C33H42BrClN2O4Si/c1-32(2,3)41-31(39)37-24(14-13-19-27(37)30(38)23-20-28(34)36-29(35)21-23)22-40-42(33(4,5)6,25-15-9-7-10-16-25)26-17-11-8-12-18-26/h7-12,15-18,20-21,24,27,30,38H,13-14,19,22H2,1-6H3. The van der Waals surface area contributed by atoms with Crippen LogP contribution in [0.25, 0.3) is 0 Å². The fraction of sp³-hybridized carbons (Fsp3) is 0.455. The van der Waals surface area contributed by atoms with Gasteiger partial charge in [0.15, 0.2) is 0 Å². The molecule has 3 aromatic rings. The molecule has 226 valence electrons. The van der Waals surface area contributed by atoms with Crippen LogP contribution in [0.4, 0.5) is 4.79 Å². The third kappa shape index (κ3) is 7.28. The molecular weight excluding hydrogens is 632 g/mol. The summed E-state index contributed by atoms with van der Waals surface area (Å²) in [5.41, 5.74) is -0.106. The van der Waals surface area contributed by atoms with E-state index in [0.29, 0.717) is 23.2 Å². The van der Waals surface area contributed by atoms with Crippen molar-refractivity contribution in [2.45, 2.75) is 89.6 Å². The maximum Gasteiger partial charge on any atom is 0.410 e. The van der Waals surface area contributed by atoms with Crippen LogP contribution in [0.1, 0.15) is 72.5 Å². The van der Waals surface area contributed by atoms with Gasteiger partial charge >= 0.3 is 6.09 Å². The molecule has 0 spiro atoms. The highest BCUT2D eigenvalue weighted by Gasteiger charge is 2.51. The number of aliphatic hydroxyl groups is 1. The van der Waals surface area contributed by atoms with Crippen molar-refractivity contribution in [1.29, 1.82) is 0 Å². The third-order valence-corrected chi connectivity index (χ3v) is 13.4. The zero-order valence-corrected chi connectivity index (χ0v) is 28.7. The lowest BCUT2D eigenvalue weighted by atomic mass is 9.90. The molecule has 1 fully saturated rings. The van der Waals surface area contributed by atoms with Crippen LogP contribution in [-0.4, -0.2) is 53.7 Å². The lowest BCUT2D eigenvalue weighted by Gasteiger charge is -2.47. The summed E-state index contributed by atoms with van der Waals surface area (Å²) in [6.07, 6.45) is 0.747. The summed E-state index contributed by atoms with van der Waals surface area (Å²) in [7, 11) is -2.85. The Hall–Kier alpha value is -2.23. The molecule has 3 unspecified atom stereocenters. The Balaban J connectivity index is 1.75. The number of hydrogen-bond acceptors (Lipinski definition) is 5. The predicted molar refractivity (Wildman–Crippen MR) is 175 cm³/mol. The monoisotopic (exact) mass is 672 g/mol. The van der Waals surface area contributed by atoms with Gasteiger partial charge in [-0.15, -0.1) is 0 Å². The van der Waals surface area contributed by atoms with Crippen LogP contribution in [0.2, 0.25) is 10.2 Å². The summed E-state index contributed by atoms with van der Waals surface area (Å²) in [6.45, 7) is 12.6. The van der Waals surface area contributed by atoms with Gasteiger partial charge in [-0.3, -0.25) is 4.90 Å². The van der Waals surface area contributed by atoms with Gasteiger partial charge in [0.05, 0.1) is 24.8 Å². The molecule has 1 aromatic heterocycles. The average Bonchev–Trinajstić information content (AvgIpc) is 2.91. The summed E-state index contributed by atoms with van der Waals surface area (Å²) >= 11 is 9.62. The molecular formula is C33H42BrClN2O4Si. The highest BCUT2D eigenvalue weighted by molar-refractivity contribution is 9.10. The zero-order chi connectivity index (χ0) is 30.7. The SMILES string of the molecule is CC(C)(C)OC(=O)N1C(CO[Si](c2ccccc2)(c2ccccc2)C(C)(C)C)CCCC1C(O)c1cc(Cl)nc(Br)c1. The second-order valence-electron chi connectivity index (χ2n) is 13.0. The van der Waals surface area contributed by atoms with Gasteiger partial charge in [-0.2, -0.15) is 0 Å². The van der Waals surface area contributed by atoms with E-state index >= 15 is 0 Å². The van der Waals surface area contributed by atoms with Crippen LogP contribution in [0, 0.1) is 0 Å². The van der Waals surface area contributed by atoms with E-state index in [0.717, 1.165) is 12.8 Å². The van der Waals surface area contributed by atoms with E-state index in [1.807, 2.05) is 32.9 Å².